The minimum absolute atomic E-state index is 0.177. The summed E-state index contributed by atoms with van der Waals surface area (Å²) in [4.78, 5) is 8.13. The first-order chi connectivity index (χ1) is 8.11. The lowest BCUT2D eigenvalue weighted by Gasteiger charge is -2.10. The molecule has 0 fully saturated rings. The quantitative estimate of drug-likeness (QED) is 0.578. The van der Waals surface area contributed by atoms with E-state index in [0.717, 1.165) is 16.8 Å². The fourth-order valence-electron chi connectivity index (χ4n) is 1.61. The van der Waals surface area contributed by atoms with Gasteiger partial charge in [0.1, 0.15) is 5.82 Å². The summed E-state index contributed by atoms with van der Waals surface area (Å²) in [6.45, 7) is 0. The van der Waals surface area contributed by atoms with E-state index in [1.54, 1.807) is 0 Å². The molecule has 0 amide bonds. The predicted molar refractivity (Wildman–Crippen MR) is 73.3 cm³/mol. The SMILES string of the molecule is Nc1ccc(-c2c(N)nc(N)nc2CBr)cc1. The van der Waals surface area contributed by atoms with Gasteiger partial charge in [-0.05, 0) is 17.7 Å². The van der Waals surface area contributed by atoms with Crippen LogP contribution in [0.3, 0.4) is 0 Å². The molecule has 2 rings (SSSR count). The van der Waals surface area contributed by atoms with Gasteiger partial charge in [0.05, 0.1) is 5.69 Å². The summed E-state index contributed by atoms with van der Waals surface area (Å²) < 4.78 is 0. The molecular weight excluding hydrogens is 282 g/mol. The van der Waals surface area contributed by atoms with Crippen LogP contribution in [0.2, 0.25) is 0 Å². The lowest BCUT2D eigenvalue weighted by atomic mass is 10.0. The first-order valence-electron chi connectivity index (χ1n) is 4.95. The maximum Gasteiger partial charge on any atom is 0.222 e. The standard InChI is InChI=1S/C11H12BrN5/c12-5-8-9(10(14)17-11(15)16-8)6-1-3-7(13)4-2-6/h1-4H,5,13H2,(H4,14,15,16,17). The normalized spacial score (nSPS) is 10.4. The summed E-state index contributed by atoms with van der Waals surface area (Å²) in [5.74, 6) is 0.549. The highest BCUT2D eigenvalue weighted by molar-refractivity contribution is 9.08. The minimum atomic E-state index is 0.177. The molecule has 1 heterocycles. The van der Waals surface area contributed by atoms with Crippen molar-refractivity contribution in [2.24, 2.45) is 0 Å². The van der Waals surface area contributed by atoms with E-state index in [1.165, 1.54) is 0 Å². The average molecular weight is 294 g/mol. The van der Waals surface area contributed by atoms with E-state index in [4.69, 9.17) is 17.2 Å². The van der Waals surface area contributed by atoms with Crippen LogP contribution in [0.4, 0.5) is 17.5 Å². The molecule has 6 heteroatoms. The van der Waals surface area contributed by atoms with Crippen LogP contribution in [-0.4, -0.2) is 9.97 Å². The smallest absolute Gasteiger partial charge is 0.222 e. The lowest BCUT2D eigenvalue weighted by molar-refractivity contribution is 1.12. The number of halogens is 1. The molecule has 0 saturated carbocycles. The van der Waals surface area contributed by atoms with Crippen LogP contribution >= 0.6 is 15.9 Å². The van der Waals surface area contributed by atoms with Gasteiger partial charge in [0.15, 0.2) is 0 Å². The van der Waals surface area contributed by atoms with E-state index < -0.39 is 0 Å². The average Bonchev–Trinajstić information content (AvgIpc) is 2.30. The number of hydrogen-bond acceptors (Lipinski definition) is 5. The molecule has 0 aliphatic rings. The van der Waals surface area contributed by atoms with E-state index in [9.17, 15) is 0 Å². The Hall–Kier alpha value is -1.82. The molecule has 2 aromatic rings. The first kappa shape index (κ1) is 11.7. The topological polar surface area (TPSA) is 104 Å². The molecule has 17 heavy (non-hydrogen) atoms. The van der Waals surface area contributed by atoms with E-state index in [1.807, 2.05) is 24.3 Å². The number of nitrogen functional groups attached to an aromatic ring is 3. The Labute approximate surface area is 107 Å². The summed E-state index contributed by atoms with van der Waals surface area (Å²) >= 11 is 3.36. The van der Waals surface area contributed by atoms with Gasteiger partial charge >= 0.3 is 0 Å². The number of rotatable bonds is 2. The molecule has 0 bridgehead atoms. The lowest BCUT2D eigenvalue weighted by Crippen LogP contribution is -2.05. The highest BCUT2D eigenvalue weighted by atomic mass is 79.9. The Kier molecular flexibility index (Phi) is 3.14. The van der Waals surface area contributed by atoms with Crippen molar-refractivity contribution in [3.8, 4) is 11.1 Å². The maximum absolute atomic E-state index is 5.88. The maximum atomic E-state index is 5.88. The molecule has 6 N–H and O–H groups in total. The molecule has 1 aromatic carbocycles. The third-order valence-corrected chi connectivity index (χ3v) is 2.89. The summed E-state index contributed by atoms with van der Waals surface area (Å²) in [6, 6.07) is 7.38. The number of nitrogens with two attached hydrogens (primary N) is 3. The van der Waals surface area contributed by atoms with Crippen LogP contribution in [0.5, 0.6) is 0 Å². The molecule has 0 aliphatic heterocycles. The van der Waals surface area contributed by atoms with Crippen molar-refractivity contribution in [3.63, 3.8) is 0 Å². The zero-order chi connectivity index (χ0) is 12.4. The Morgan fingerprint density at radius 1 is 1.00 bits per heavy atom. The van der Waals surface area contributed by atoms with Crippen LogP contribution in [-0.2, 0) is 5.33 Å². The van der Waals surface area contributed by atoms with Crippen molar-refractivity contribution in [1.82, 2.24) is 9.97 Å². The molecule has 5 nitrogen and oxygen atoms in total. The molecule has 88 valence electrons. The fraction of sp³-hybridized carbons (Fsp3) is 0.0909. The second-order valence-electron chi connectivity index (χ2n) is 3.54. The van der Waals surface area contributed by atoms with Gasteiger partial charge in [0.25, 0.3) is 0 Å². The molecule has 1 aromatic heterocycles. The van der Waals surface area contributed by atoms with E-state index in [-0.39, 0.29) is 5.95 Å². The molecule has 0 unspecified atom stereocenters. The molecule has 0 saturated heterocycles. The Morgan fingerprint density at radius 2 is 1.65 bits per heavy atom. The van der Waals surface area contributed by atoms with Gasteiger partial charge in [-0.15, -0.1) is 0 Å². The second kappa shape index (κ2) is 4.58. The monoisotopic (exact) mass is 293 g/mol. The Bertz CT molecular complexity index is 538. The highest BCUT2D eigenvalue weighted by Gasteiger charge is 2.12. The van der Waals surface area contributed by atoms with Crippen molar-refractivity contribution in [2.45, 2.75) is 5.33 Å². The van der Waals surface area contributed by atoms with E-state index in [0.29, 0.717) is 16.8 Å². The third-order valence-electron chi connectivity index (χ3n) is 2.36. The van der Waals surface area contributed by atoms with Crippen molar-refractivity contribution in [2.75, 3.05) is 17.2 Å². The fourth-order valence-corrected chi connectivity index (χ4v) is 2.01. The number of benzene rings is 1. The van der Waals surface area contributed by atoms with E-state index >= 15 is 0 Å². The summed E-state index contributed by atoms with van der Waals surface area (Å²) in [7, 11) is 0. The van der Waals surface area contributed by atoms with Crippen LogP contribution in [0.15, 0.2) is 24.3 Å². The Morgan fingerprint density at radius 3 is 2.24 bits per heavy atom. The zero-order valence-corrected chi connectivity index (χ0v) is 10.6. The van der Waals surface area contributed by atoms with Gasteiger partial charge in [-0.2, -0.15) is 4.98 Å². The zero-order valence-electron chi connectivity index (χ0n) is 9.02. The van der Waals surface area contributed by atoms with Gasteiger partial charge in [-0.3, -0.25) is 0 Å². The number of aromatic nitrogens is 2. The number of anilines is 3. The first-order valence-corrected chi connectivity index (χ1v) is 6.07. The highest BCUT2D eigenvalue weighted by Crippen LogP contribution is 2.29. The van der Waals surface area contributed by atoms with Gasteiger partial charge < -0.3 is 17.2 Å². The van der Waals surface area contributed by atoms with Gasteiger partial charge in [0.2, 0.25) is 5.95 Å². The molecule has 0 atom stereocenters. The van der Waals surface area contributed by atoms with Crippen LogP contribution in [0.1, 0.15) is 5.69 Å². The third kappa shape index (κ3) is 2.31. The molecule has 0 radical (unpaired) electrons. The van der Waals surface area contributed by atoms with E-state index in [2.05, 4.69) is 25.9 Å². The van der Waals surface area contributed by atoms with Crippen molar-refractivity contribution in [1.29, 1.82) is 0 Å². The van der Waals surface area contributed by atoms with Crippen molar-refractivity contribution >= 4 is 33.4 Å². The predicted octanol–water partition coefficient (Wildman–Crippen LogP) is 1.79. The van der Waals surface area contributed by atoms with Crippen LogP contribution < -0.4 is 17.2 Å². The number of hydrogen-bond donors (Lipinski definition) is 3. The largest absolute Gasteiger partial charge is 0.399 e. The summed E-state index contributed by atoms with van der Waals surface area (Å²) in [6.07, 6.45) is 0. The molecule has 0 spiro atoms. The number of alkyl halides is 1. The van der Waals surface area contributed by atoms with Crippen LogP contribution in [0.25, 0.3) is 11.1 Å². The molecule has 0 aliphatic carbocycles. The Balaban J connectivity index is 2.61. The van der Waals surface area contributed by atoms with Gasteiger partial charge in [-0.1, -0.05) is 28.1 Å². The van der Waals surface area contributed by atoms with Gasteiger partial charge in [0, 0.05) is 16.6 Å². The van der Waals surface area contributed by atoms with Crippen LogP contribution in [0, 0.1) is 0 Å². The summed E-state index contributed by atoms with van der Waals surface area (Å²) in [5.41, 5.74) is 20.3. The van der Waals surface area contributed by atoms with Crippen molar-refractivity contribution < 1.29 is 0 Å². The van der Waals surface area contributed by atoms with Crippen molar-refractivity contribution in [3.05, 3.63) is 30.0 Å². The second-order valence-corrected chi connectivity index (χ2v) is 4.11. The van der Waals surface area contributed by atoms with Gasteiger partial charge in [-0.25, -0.2) is 4.98 Å². The number of nitrogens with zero attached hydrogens (tertiary/aromatic N) is 2. The summed E-state index contributed by atoms with van der Waals surface area (Å²) in [5, 5.41) is 0.559. The molecular formula is C11H12BrN5. The minimum Gasteiger partial charge on any atom is -0.399 e.